The van der Waals surface area contributed by atoms with Crippen LogP contribution in [0.1, 0.15) is 46.5 Å². The minimum absolute atomic E-state index is 0.613. The summed E-state index contributed by atoms with van der Waals surface area (Å²) in [6, 6.07) is 2.97. The average molecular weight is 266 g/mol. The first kappa shape index (κ1) is 16.4. The third-order valence-corrected chi connectivity index (χ3v) is 4.53. The van der Waals surface area contributed by atoms with E-state index in [0.29, 0.717) is 0 Å². The summed E-state index contributed by atoms with van der Waals surface area (Å²) in [5, 5.41) is 9.06. The molecule has 110 valence electrons. The summed E-state index contributed by atoms with van der Waals surface area (Å²) < 4.78 is 0. The molecule has 0 aliphatic carbocycles. The van der Waals surface area contributed by atoms with E-state index in [9.17, 15) is 0 Å². The summed E-state index contributed by atoms with van der Waals surface area (Å²) in [5.41, 5.74) is 5.40. The van der Waals surface area contributed by atoms with E-state index in [1.165, 1.54) is 19.5 Å². The molecule has 0 aromatic heterocycles. The second kappa shape index (κ2) is 7.84. The van der Waals surface area contributed by atoms with E-state index < -0.39 is 5.54 Å². The third kappa shape index (κ3) is 4.76. The van der Waals surface area contributed by atoms with Crippen molar-refractivity contribution in [2.75, 3.05) is 32.7 Å². The fraction of sp³-hybridized carbons (Fsp3) is 0.933. The maximum atomic E-state index is 9.06. The lowest BCUT2D eigenvalue weighted by atomic mass is 9.93. The highest BCUT2D eigenvalue weighted by Crippen LogP contribution is 2.18. The van der Waals surface area contributed by atoms with Crippen molar-refractivity contribution in [2.24, 2.45) is 5.73 Å². The topological polar surface area (TPSA) is 56.3 Å². The molecule has 1 saturated heterocycles. The SMILES string of the molecule is CCN(CC)C1CCN(CCCC(N)(C#N)CC)C1. The van der Waals surface area contributed by atoms with Crippen molar-refractivity contribution in [1.82, 2.24) is 9.80 Å². The number of likely N-dealkylation sites (N-methyl/N-ethyl adjacent to an activating group) is 1. The van der Waals surface area contributed by atoms with Crippen molar-refractivity contribution in [3.63, 3.8) is 0 Å². The fourth-order valence-electron chi connectivity index (χ4n) is 2.98. The standard InChI is InChI=1S/C15H30N4/c1-4-15(17,13-16)9-7-10-18-11-8-14(12-18)19(5-2)6-3/h14H,4-12,17H2,1-3H3. The molecule has 4 nitrogen and oxygen atoms in total. The van der Waals surface area contributed by atoms with Gasteiger partial charge in [0.05, 0.1) is 6.07 Å². The Morgan fingerprint density at radius 3 is 2.58 bits per heavy atom. The molecule has 0 saturated carbocycles. The van der Waals surface area contributed by atoms with Crippen LogP contribution in [0.5, 0.6) is 0 Å². The summed E-state index contributed by atoms with van der Waals surface area (Å²) in [5.74, 6) is 0. The predicted octanol–water partition coefficient (Wildman–Crippen LogP) is 1.81. The summed E-state index contributed by atoms with van der Waals surface area (Å²) in [6.45, 7) is 12.2. The van der Waals surface area contributed by atoms with E-state index in [-0.39, 0.29) is 0 Å². The van der Waals surface area contributed by atoms with Crippen LogP contribution in [0.25, 0.3) is 0 Å². The zero-order valence-electron chi connectivity index (χ0n) is 12.9. The molecule has 1 fully saturated rings. The first-order chi connectivity index (χ1) is 9.08. The Kier molecular flexibility index (Phi) is 6.78. The Hall–Kier alpha value is -0.630. The molecule has 2 N–H and O–H groups in total. The second-order valence-corrected chi connectivity index (χ2v) is 5.69. The molecule has 2 atom stereocenters. The van der Waals surface area contributed by atoms with Gasteiger partial charge in [-0.3, -0.25) is 4.90 Å². The van der Waals surface area contributed by atoms with Crippen molar-refractivity contribution in [3.05, 3.63) is 0 Å². The number of likely N-dealkylation sites (tertiary alicyclic amines) is 1. The van der Waals surface area contributed by atoms with Crippen molar-refractivity contribution in [1.29, 1.82) is 5.26 Å². The van der Waals surface area contributed by atoms with Crippen LogP contribution in [0.15, 0.2) is 0 Å². The zero-order chi connectivity index (χ0) is 14.3. The number of nitrogens with two attached hydrogens (primary N) is 1. The molecule has 1 rings (SSSR count). The Morgan fingerprint density at radius 1 is 1.37 bits per heavy atom. The van der Waals surface area contributed by atoms with Crippen molar-refractivity contribution in [2.45, 2.75) is 58.0 Å². The quantitative estimate of drug-likeness (QED) is 0.728. The maximum Gasteiger partial charge on any atom is 0.104 e. The molecule has 1 aliphatic rings. The Balaban J connectivity index is 2.28. The molecule has 1 aliphatic heterocycles. The van der Waals surface area contributed by atoms with Gasteiger partial charge in [-0.1, -0.05) is 20.8 Å². The molecule has 4 heteroatoms. The van der Waals surface area contributed by atoms with E-state index >= 15 is 0 Å². The first-order valence-electron chi connectivity index (χ1n) is 7.75. The highest BCUT2D eigenvalue weighted by molar-refractivity contribution is 5.03. The molecule has 19 heavy (non-hydrogen) atoms. The largest absolute Gasteiger partial charge is 0.313 e. The van der Waals surface area contributed by atoms with Crippen molar-refractivity contribution < 1.29 is 0 Å². The Bertz CT molecular complexity index is 295. The number of nitrogens with zero attached hydrogens (tertiary/aromatic N) is 3. The highest BCUT2D eigenvalue weighted by Gasteiger charge is 2.27. The van der Waals surface area contributed by atoms with Crippen molar-refractivity contribution in [3.8, 4) is 6.07 Å². The predicted molar refractivity (Wildman–Crippen MR) is 79.8 cm³/mol. The summed E-state index contributed by atoms with van der Waals surface area (Å²) >= 11 is 0. The molecule has 0 bridgehead atoms. The van der Waals surface area contributed by atoms with Crippen LogP contribution in [-0.4, -0.2) is 54.1 Å². The van der Waals surface area contributed by atoms with Gasteiger partial charge in [-0.05, 0) is 51.9 Å². The lowest BCUT2D eigenvalue weighted by Crippen LogP contribution is -2.39. The average Bonchev–Trinajstić information content (AvgIpc) is 2.89. The lowest BCUT2D eigenvalue weighted by Gasteiger charge is -2.26. The van der Waals surface area contributed by atoms with Gasteiger partial charge in [0.2, 0.25) is 0 Å². The van der Waals surface area contributed by atoms with Crippen LogP contribution in [-0.2, 0) is 0 Å². The summed E-state index contributed by atoms with van der Waals surface area (Å²) in [7, 11) is 0. The lowest BCUT2D eigenvalue weighted by molar-refractivity contribution is 0.209. The fourth-order valence-corrected chi connectivity index (χ4v) is 2.98. The maximum absolute atomic E-state index is 9.06. The van der Waals surface area contributed by atoms with Crippen LogP contribution < -0.4 is 5.73 Å². The molecule has 2 unspecified atom stereocenters. The zero-order valence-corrected chi connectivity index (χ0v) is 12.9. The number of hydrogen-bond donors (Lipinski definition) is 1. The minimum atomic E-state index is -0.613. The molecule has 1 heterocycles. The van der Waals surface area contributed by atoms with Crippen LogP contribution >= 0.6 is 0 Å². The van der Waals surface area contributed by atoms with Crippen LogP contribution in [0.3, 0.4) is 0 Å². The third-order valence-electron chi connectivity index (χ3n) is 4.53. The molecule has 0 aromatic carbocycles. The highest BCUT2D eigenvalue weighted by atomic mass is 15.2. The van der Waals surface area contributed by atoms with E-state index in [1.807, 2.05) is 6.92 Å². The number of hydrogen-bond acceptors (Lipinski definition) is 4. The van der Waals surface area contributed by atoms with Gasteiger partial charge in [0.25, 0.3) is 0 Å². The summed E-state index contributed by atoms with van der Waals surface area (Å²) in [6.07, 6.45) is 3.86. The molecule has 0 spiro atoms. The molecular formula is C15H30N4. The van der Waals surface area contributed by atoms with Crippen molar-refractivity contribution >= 4 is 0 Å². The normalized spacial score (nSPS) is 23.5. The molecule has 0 radical (unpaired) electrons. The Morgan fingerprint density at radius 2 is 2.05 bits per heavy atom. The van der Waals surface area contributed by atoms with Gasteiger partial charge in [0.1, 0.15) is 5.54 Å². The summed E-state index contributed by atoms with van der Waals surface area (Å²) in [4.78, 5) is 5.07. The molecular weight excluding hydrogens is 236 g/mol. The van der Waals surface area contributed by atoms with Gasteiger partial charge in [-0.15, -0.1) is 0 Å². The smallest absolute Gasteiger partial charge is 0.104 e. The molecule has 0 amide bonds. The van der Waals surface area contributed by atoms with E-state index in [2.05, 4.69) is 29.7 Å². The van der Waals surface area contributed by atoms with Gasteiger partial charge in [-0.2, -0.15) is 5.26 Å². The number of nitriles is 1. The first-order valence-corrected chi connectivity index (χ1v) is 7.75. The van der Waals surface area contributed by atoms with E-state index in [0.717, 1.165) is 44.9 Å². The number of rotatable bonds is 8. The van der Waals surface area contributed by atoms with Gasteiger partial charge in [-0.25, -0.2) is 0 Å². The monoisotopic (exact) mass is 266 g/mol. The van der Waals surface area contributed by atoms with Crippen LogP contribution in [0.4, 0.5) is 0 Å². The second-order valence-electron chi connectivity index (χ2n) is 5.69. The van der Waals surface area contributed by atoms with Gasteiger partial charge in [0.15, 0.2) is 0 Å². The van der Waals surface area contributed by atoms with Crippen LogP contribution in [0.2, 0.25) is 0 Å². The van der Waals surface area contributed by atoms with E-state index in [1.54, 1.807) is 0 Å². The Labute approximate surface area is 118 Å². The van der Waals surface area contributed by atoms with E-state index in [4.69, 9.17) is 11.0 Å². The molecule has 0 aromatic rings. The van der Waals surface area contributed by atoms with Gasteiger partial charge < -0.3 is 10.6 Å². The van der Waals surface area contributed by atoms with Crippen LogP contribution in [0, 0.1) is 11.3 Å². The minimum Gasteiger partial charge on any atom is -0.313 e. The van der Waals surface area contributed by atoms with Gasteiger partial charge >= 0.3 is 0 Å². The van der Waals surface area contributed by atoms with Gasteiger partial charge in [0, 0.05) is 12.6 Å².